The van der Waals surface area contributed by atoms with Crippen molar-refractivity contribution in [1.82, 2.24) is 0 Å². The second kappa shape index (κ2) is 5.57. The highest BCUT2D eigenvalue weighted by atomic mass is 19.1. The zero-order valence-electron chi connectivity index (χ0n) is 10.6. The Morgan fingerprint density at radius 3 is 2.53 bits per heavy atom. The van der Waals surface area contributed by atoms with Gasteiger partial charge in [-0.3, -0.25) is 0 Å². The molecule has 4 nitrogen and oxygen atoms in total. The number of aromatic carboxylic acids is 1. The number of rotatable bonds is 3. The first-order chi connectivity index (χ1) is 9.02. The number of carboxylic acid groups (broad SMARTS) is 1. The molecule has 0 bridgehead atoms. The highest BCUT2D eigenvalue weighted by molar-refractivity contribution is 5.91. The number of aromatic hydroxyl groups is 1. The lowest BCUT2D eigenvalue weighted by molar-refractivity contribution is 0.0693. The summed E-state index contributed by atoms with van der Waals surface area (Å²) in [5.41, 5.74) is 5.68. The number of nitrogens with two attached hydrogens (primary N) is 1. The Morgan fingerprint density at radius 1 is 1.32 bits per heavy atom. The van der Waals surface area contributed by atoms with Gasteiger partial charge in [0, 0.05) is 11.6 Å². The van der Waals surface area contributed by atoms with Crippen molar-refractivity contribution in [2.75, 3.05) is 0 Å². The van der Waals surface area contributed by atoms with E-state index in [1.54, 1.807) is 0 Å². The molecule has 0 aromatic heterocycles. The molecule has 0 heterocycles. The van der Waals surface area contributed by atoms with Gasteiger partial charge in [-0.1, -0.05) is 19.3 Å². The van der Waals surface area contributed by atoms with Crippen LogP contribution in [0.2, 0.25) is 0 Å². The third kappa shape index (κ3) is 2.71. The van der Waals surface area contributed by atoms with E-state index in [-0.39, 0.29) is 17.0 Å². The van der Waals surface area contributed by atoms with E-state index in [1.165, 1.54) is 0 Å². The molecule has 0 unspecified atom stereocenters. The highest BCUT2D eigenvalue weighted by Crippen LogP contribution is 2.38. The lowest BCUT2D eigenvalue weighted by Gasteiger charge is -2.28. The predicted molar refractivity (Wildman–Crippen MR) is 68.5 cm³/mol. The maximum absolute atomic E-state index is 13.9. The van der Waals surface area contributed by atoms with E-state index in [2.05, 4.69) is 0 Å². The van der Waals surface area contributed by atoms with Crippen molar-refractivity contribution >= 4 is 5.97 Å². The average molecular weight is 267 g/mol. The summed E-state index contributed by atoms with van der Waals surface area (Å²) in [6.07, 6.45) is 5.00. The van der Waals surface area contributed by atoms with Gasteiger partial charge < -0.3 is 15.9 Å². The van der Waals surface area contributed by atoms with Gasteiger partial charge in [-0.25, -0.2) is 9.18 Å². The van der Waals surface area contributed by atoms with Crippen LogP contribution in [0.5, 0.6) is 5.75 Å². The van der Waals surface area contributed by atoms with Crippen LogP contribution in [0.4, 0.5) is 4.39 Å². The maximum Gasteiger partial charge on any atom is 0.339 e. The number of hydrogen-bond donors (Lipinski definition) is 3. The first-order valence-electron chi connectivity index (χ1n) is 6.52. The van der Waals surface area contributed by atoms with Crippen LogP contribution in [0.25, 0.3) is 0 Å². The summed E-state index contributed by atoms with van der Waals surface area (Å²) in [5, 5.41) is 18.9. The fraction of sp³-hybridized carbons (Fsp3) is 0.500. The van der Waals surface area contributed by atoms with Crippen molar-refractivity contribution in [3.63, 3.8) is 0 Å². The molecule has 1 aliphatic rings. The number of carboxylic acids is 1. The van der Waals surface area contributed by atoms with Gasteiger partial charge in [-0.2, -0.15) is 0 Å². The lowest BCUT2D eigenvalue weighted by atomic mass is 9.81. The predicted octanol–water partition coefficient (Wildman–Crippen LogP) is 2.81. The Kier molecular flexibility index (Phi) is 4.04. The molecule has 0 aliphatic heterocycles. The topological polar surface area (TPSA) is 83.6 Å². The molecule has 0 spiro atoms. The maximum atomic E-state index is 13.9. The number of carbonyl (C=O) groups is 1. The molecule has 0 amide bonds. The molecule has 1 aromatic carbocycles. The van der Waals surface area contributed by atoms with Crippen molar-refractivity contribution in [3.8, 4) is 5.75 Å². The van der Waals surface area contributed by atoms with E-state index in [9.17, 15) is 14.3 Å². The number of benzene rings is 1. The normalized spacial score (nSPS) is 18.2. The molecule has 19 heavy (non-hydrogen) atoms. The van der Waals surface area contributed by atoms with Gasteiger partial charge in [0.1, 0.15) is 17.1 Å². The second-order valence-electron chi connectivity index (χ2n) is 5.09. The molecule has 0 radical (unpaired) electrons. The largest absolute Gasteiger partial charge is 0.507 e. The smallest absolute Gasteiger partial charge is 0.339 e. The molecule has 104 valence electrons. The molecular weight excluding hydrogens is 249 g/mol. The van der Waals surface area contributed by atoms with Crippen molar-refractivity contribution in [2.45, 2.75) is 38.1 Å². The summed E-state index contributed by atoms with van der Waals surface area (Å²) in [6, 6.07) is 1.46. The van der Waals surface area contributed by atoms with E-state index < -0.39 is 23.6 Å². The van der Waals surface area contributed by atoms with Crippen LogP contribution >= 0.6 is 0 Å². The molecule has 1 fully saturated rings. The third-order valence-corrected chi connectivity index (χ3v) is 3.89. The van der Waals surface area contributed by atoms with Crippen molar-refractivity contribution in [2.24, 2.45) is 11.7 Å². The van der Waals surface area contributed by atoms with Crippen LogP contribution in [-0.4, -0.2) is 16.2 Å². The van der Waals surface area contributed by atoms with Crippen LogP contribution in [0.3, 0.4) is 0 Å². The fourth-order valence-electron chi connectivity index (χ4n) is 2.80. The van der Waals surface area contributed by atoms with Gasteiger partial charge in [0.15, 0.2) is 0 Å². The highest BCUT2D eigenvalue weighted by Gasteiger charge is 2.28. The van der Waals surface area contributed by atoms with Crippen LogP contribution in [0, 0.1) is 11.7 Å². The molecule has 1 atom stereocenters. The Bertz CT molecular complexity index is 484. The molecule has 1 aromatic rings. The minimum Gasteiger partial charge on any atom is -0.507 e. The van der Waals surface area contributed by atoms with Gasteiger partial charge in [0.05, 0.1) is 0 Å². The van der Waals surface area contributed by atoms with Crippen molar-refractivity contribution < 1.29 is 19.4 Å². The molecule has 5 heteroatoms. The minimum atomic E-state index is -1.28. The minimum absolute atomic E-state index is 0.0631. The molecular formula is C14H18FNO3. The summed E-state index contributed by atoms with van der Waals surface area (Å²) < 4.78 is 13.9. The summed E-state index contributed by atoms with van der Waals surface area (Å²) in [7, 11) is 0. The summed E-state index contributed by atoms with van der Waals surface area (Å²) in [5.74, 6) is -2.36. The summed E-state index contributed by atoms with van der Waals surface area (Å²) in [4.78, 5) is 11.0. The second-order valence-corrected chi connectivity index (χ2v) is 5.09. The van der Waals surface area contributed by atoms with Crippen molar-refractivity contribution in [3.05, 3.63) is 29.1 Å². The molecule has 4 N–H and O–H groups in total. The standard InChI is InChI=1S/C14H18FNO3/c15-10-7-6-9(14(18)19)13(17)11(10)12(16)8-4-2-1-3-5-8/h6-8,12,17H,1-5,16H2,(H,18,19)/t12-/m0/s1. The van der Waals surface area contributed by atoms with Gasteiger partial charge in [0.25, 0.3) is 0 Å². The van der Waals surface area contributed by atoms with E-state index in [0.29, 0.717) is 0 Å². The Balaban J connectivity index is 2.37. The Hall–Kier alpha value is -1.62. The summed E-state index contributed by atoms with van der Waals surface area (Å²) in [6.45, 7) is 0. The van der Waals surface area contributed by atoms with Gasteiger partial charge >= 0.3 is 5.97 Å². The first kappa shape index (κ1) is 13.8. The zero-order valence-corrected chi connectivity index (χ0v) is 10.6. The number of halogens is 1. The first-order valence-corrected chi connectivity index (χ1v) is 6.52. The lowest BCUT2D eigenvalue weighted by Crippen LogP contribution is -2.25. The fourth-order valence-corrected chi connectivity index (χ4v) is 2.80. The van der Waals surface area contributed by atoms with Crippen molar-refractivity contribution in [1.29, 1.82) is 0 Å². The van der Waals surface area contributed by atoms with Crippen LogP contribution in [-0.2, 0) is 0 Å². The van der Waals surface area contributed by atoms with E-state index >= 15 is 0 Å². The number of phenols is 1. The zero-order chi connectivity index (χ0) is 14.0. The number of hydrogen-bond acceptors (Lipinski definition) is 3. The van der Waals surface area contributed by atoms with E-state index in [0.717, 1.165) is 44.2 Å². The average Bonchev–Trinajstić information content (AvgIpc) is 2.39. The third-order valence-electron chi connectivity index (χ3n) is 3.89. The van der Waals surface area contributed by atoms with E-state index in [1.807, 2.05) is 0 Å². The van der Waals surface area contributed by atoms with Gasteiger partial charge in [0.2, 0.25) is 0 Å². The molecule has 0 saturated heterocycles. The quantitative estimate of drug-likeness (QED) is 0.786. The van der Waals surface area contributed by atoms with Gasteiger partial charge in [-0.15, -0.1) is 0 Å². The molecule has 1 saturated carbocycles. The molecule has 2 rings (SSSR count). The Morgan fingerprint density at radius 2 is 1.95 bits per heavy atom. The summed E-state index contributed by atoms with van der Waals surface area (Å²) >= 11 is 0. The SMILES string of the molecule is N[C@H](c1c(F)ccc(C(=O)O)c1O)C1CCCCC1. The van der Waals surface area contributed by atoms with Crippen LogP contribution < -0.4 is 5.73 Å². The monoisotopic (exact) mass is 267 g/mol. The van der Waals surface area contributed by atoms with Crippen LogP contribution in [0.1, 0.15) is 54.1 Å². The van der Waals surface area contributed by atoms with Gasteiger partial charge in [-0.05, 0) is 30.9 Å². The van der Waals surface area contributed by atoms with E-state index in [4.69, 9.17) is 10.8 Å². The molecule has 1 aliphatic carbocycles. The Labute approximate surface area is 111 Å². The van der Waals surface area contributed by atoms with Crippen LogP contribution in [0.15, 0.2) is 12.1 Å².